The van der Waals surface area contributed by atoms with Crippen LogP contribution in [0.5, 0.6) is 0 Å². The largest absolute Gasteiger partial charge is 0.461 e. The molecule has 8 nitrogen and oxygen atoms in total. The third kappa shape index (κ3) is 3.47. The van der Waals surface area contributed by atoms with Crippen LogP contribution < -0.4 is 0 Å². The minimum absolute atomic E-state index is 0.0376. The number of nitrogens with zero attached hydrogens (tertiary/aromatic N) is 1. The van der Waals surface area contributed by atoms with E-state index in [1.54, 1.807) is 23.3 Å². The van der Waals surface area contributed by atoms with E-state index in [0.29, 0.717) is 38.0 Å². The van der Waals surface area contributed by atoms with Gasteiger partial charge in [-0.25, -0.2) is 0 Å². The molecule has 2 spiro atoms. The van der Waals surface area contributed by atoms with Gasteiger partial charge in [-0.3, -0.25) is 14.4 Å². The van der Waals surface area contributed by atoms with Crippen molar-refractivity contribution in [2.75, 3.05) is 13.1 Å². The van der Waals surface area contributed by atoms with E-state index in [4.69, 9.17) is 9.15 Å². The SMILES string of the molecule is CCCN(CC1(O)CCC2C34C=CC5(C=C3C(=O)c3ccco3)CC(O)CCC5(C)C4CCC21C)C(=O)C12CCC(C)(C(=O)O1)C2(C)C. The Balaban J connectivity index is 1.19. The van der Waals surface area contributed by atoms with E-state index in [-0.39, 0.29) is 41.5 Å². The van der Waals surface area contributed by atoms with E-state index in [0.717, 1.165) is 44.1 Å². The van der Waals surface area contributed by atoms with E-state index in [2.05, 4.69) is 32.1 Å². The first-order valence-electron chi connectivity index (χ1n) is 18.5. The standard InChI is InChI=1S/C40H53NO7/c1-7-20-41(31(44)40-19-16-36(6,32(45)48-40)33(40,2)3)24-38(46)15-12-29-35(38,5)14-11-28-34(4)13-10-25(42)22-37(34)17-18-39(28,29)26(23-37)30(43)27-9-8-21-47-27/h8-9,17-18,21,23,25,28-29,42,46H,7,10-16,19-20,22,24H2,1-6H3. The van der Waals surface area contributed by atoms with Crippen molar-refractivity contribution in [1.29, 1.82) is 0 Å². The number of hydrogen-bond donors (Lipinski definition) is 2. The predicted molar refractivity (Wildman–Crippen MR) is 178 cm³/mol. The van der Waals surface area contributed by atoms with Crippen molar-refractivity contribution in [2.24, 2.45) is 44.3 Å². The molecular formula is C40H53NO7. The Hall–Kier alpha value is -2.71. The first kappa shape index (κ1) is 32.5. The molecule has 8 aliphatic rings. The molecule has 1 aromatic heterocycles. The summed E-state index contributed by atoms with van der Waals surface area (Å²) in [6.07, 6.45) is 14.8. The minimum Gasteiger partial charge on any atom is -0.461 e. The monoisotopic (exact) mass is 659 g/mol. The zero-order valence-corrected chi connectivity index (χ0v) is 29.6. The molecule has 8 heteroatoms. The summed E-state index contributed by atoms with van der Waals surface area (Å²) in [6.45, 7) is 13.1. The first-order valence-corrected chi connectivity index (χ1v) is 18.5. The Morgan fingerprint density at radius 2 is 1.67 bits per heavy atom. The number of carbonyl (C=O) groups excluding carboxylic acids is 3. The maximum absolute atomic E-state index is 14.7. The summed E-state index contributed by atoms with van der Waals surface area (Å²) < 4.78 is 11.8. The number of ether oxygens (including phenoxy) is 1. The van der Waals surface area contributed by atoms with Crippen molar-refractivity contribution in [2.45, 2.75) is 123 Å². The van der Waals surface area contributed by atoms with Crippen LogP contribution in [-0.2, 0) is 14.3 Å². The summed E-state index contributed by atoms with van der Waals surface area (Å²) in [5, 5.41) is 23.9. The lowest BCUT2D eigenvalue weighted by atomic mass is 9.32. The van der Waals surface area contributed by atoms with E-state index in [1.807, 2.05) is 27.7 Å². The highest BCUT2D eigenvalue weighted by atomic mass is 16.6. The number of furan rings is 1. The van der Waals surface area contributed by atoms with Crippen molar-refractivity contribution in [3.05, 3.63) is 48.0 Å². The van der Waals surface area contributed by atoms with Crippen LogP contribution in [0.2, 0.25) is 0 Å². The fourth-order valence-corrected chi connectivity index (χ4v) is 13.0. The maximum atomic E-state index is 14.7. The fraction of sp³-hybridized carbons (Fsp3) is 0.725. The highest BCUT2D eigenvalue weighted by Gasteiger charge is 2.78. The van der Waals surface area contributed by atoms with Gasteiger partial charge in [0.15, 0.2) is 11.4 Å². The van der Waals surface area contributed by atoms with Crippen LogP contribution in [0.3, 0.4) is 0 Å². The number of carbonyl (C=O) groups is 3. The molecule has 1 saturated heterocycles. The van der Waals surface area contributed by atoms with Crippen molar-refractivity contribution >= 4 is 17.7 Å². The number of hydrogen-bond acceptors (Lipinski definition) is 7. The lowest BCUT2D eigenvalue weighted by Gasteiger charge is -2.71. The van der Waals surface area contributed by atoms with E-state index >= 15 is 0 Å². The van der Waals surface area contributed by atoms with Crippen molar-refractivity contribution in [3.8, 4) is 0 Å². The summed E-state index contributed by atoms with van der Waals surface area (Å²) >= 11 is 0. The molecule has 0 radical (unpaired) electrons. The molecule has 4 saturated carbocycles. The molecule has 10 unspecified atom stereocenters. The minimum atomic E-state index is -1.23. The number of amides is 1. The lowest BCUT2D eigenvalue weighted by Crippen LogP contribution is -2.68. The smallest absolute Gasteiger partial charge is 0.313 e. The highest BCUT2D eigenvalue weighted by molar-refractivity contribution is 6.08. The zero-order valence-electron chi connectivity index (χ0n) is 29.6. The number of fused-ring (bicyclic) bond motifs is 3. The Morgan fingerprint density at radius 3 is 2.31 bits per heavy atom. The Morgan fingerprint density at radius 1 is 0.958 bits per heavy atom. The summed E-state index contributed by atoms with van der Waals surface area (Å²) in [5.41, 5.74) is -4.80. The van der Waals surface area contributed by atoms with Crippen molar-refractivity contribution in [1.82, 2.24) is 4.90 Å². The second-order valence-electron chi connectivity index (χ2n) is 18.0. The van der Waals surface area contributed by atoms with Gasteiger partial charge in [-0.2, -0.15) is 0 Å². The van der Waals surface area contributed by atoms with E-state index in [9.17, 15) is 24.6 Å². The molecule has 48 heavy (non-hydrogen) atoms. The van der Waals surface area contributed by atoms with Crippen LogP contribution in [0, 0.1) is 44.3 Å². The normalized spacial score (nSPS) is 47.6. The van der Waals surface area contributed by atoms with Crippen LogP contribution in [-0.4, -0.2) is 63.2 Å². The molecule has 2 N–H and O–H groups in total. The van der Waals surface area contributed by atoms with Gasteiger partial charge in [0, 0.05) is 33.8 Å². The predicted octanol–water partition coefficient (Wildman–Crippen LogP) is 6.41. The van der Waals surface area contributed by atoms with Crippen LogP contribution >= 0.6 is 0 Å². The topological polar surface area (TPSA) is 117 Å². The quantitative estimate of drug-likeness (QED) is 0.197. The zero-order chi connectivity index (χ0) is 34.3. The van der Waals surface area contributed by atoms with Gasteiger partial charge in [0.25, 0.3) is 5.91 Å². The Bertz CT molecular complexity index is 1640. The average Bonchev–Trinajstić information content (AvgIpc) is 3.75. The number of rotatable bonds is 7. The average molecular weight is 660 g/mol. The second-order valence-corrected chi connectivity index (χ2v) is 18.0. The van der Waals surface area contributed by atoms with Crippen LogP contribution in [0.4, 0.5) is 0 Å². The van der Waals surface area contributed by atoms with E-state index < -0.39 is 44.4 Å². The molecule has 2 heterocycles. The van der Waals surface area contributed by atoms with Gasteiger partial charge in [0.05, 0.1) is 29.9 Å². The maximum Gasteiger partial charge on any atom is 0.313 e. The molecule has 1 amide bonds. The van der Waals surface area contributed by atoms with Crippen LogP contribution in [0.1, 0.15) is 116 Å². The van der Waals surface area contributed by atoms with Crippen LogP contribution in [0.25, 0.3) is 0 Å². The van der Waals surface area contributed by atoms with Gasteiger partial charge in [0.2, 0.25) is 5.78 Å². The summed E-state index contributed by atoms with van der Waals surface area (Å²) in [7, 11) is 0. The van der Waals surface area contributed by atoms with Gasteiger partial charge in [0.1, 0.15) is 0 Å². The first-order chi connectivity index (χ1) is 22.5. The molecule has 260 valence electrons. The molecule has 4 bridgehead atoms. The Kier molecular flexibility index (Phi) is 6.60. The molecule has 1 aliphatic heterocycles. The number of allylic oxidation sites excluding steroid dienone is 4. The van der Waals surface area contributed by atoms with Gasteiger partial charge >= 0.3 is 5.97 Å². The number of ketones is 1. The second kappa shape index (κ2) is 9.74. The summed E-state index contributed by atoms with van der Waals surface area (Å²) in [6, 6.07) is 3.49. The highest BCUT2D eigenvalue weighted by Crippen LogP contribution is 2.78. The number of Topliss-reactive ketones (excluding diaryl/α,β-unsaturated/α-hetero) is 1. The van der Waals surface area contributed by atoms with Gasteiger partial charge < -0.3 is 24.3 Å². The Labute approximate surface area is 284 Å². The van der Waals surface area contributed by atoms with Gasteiger partial charge in [-0.1, -0.05) is 52.8 Å². The number of aliphatic hydroxyl groups is 2. The summed E-state index contributed by atoms with van der Waals surface area (Å²) in [5.74, 6) is -0.130. The lowest BCUT2D eigenvalue weighted by molar-refractivity contribution is -0.187. The van der Waals surface area contributed by atoms with E-state index in [1.165, 1.54) is 0 Å². The molecule has 1 aromatic rings. The molecule has 5 fully saturated rings. The van der Waals surface area contributed by atoms with Gasteiger partial charge in [-0.15, -0.1) is 0 Å². The molecule has 7 aliphatic carbocycles. The molecular weight excluding hydrogens is 606 g/mol. The third-order valence-corrected chi connectivity index (χ3v) is 16.4. The van der Waals surface area contributed by atoms with Gasteiger partial charge in [-0.05, 0) is 101 Å². The number of aliphatic hydroxyl groups excluding tert-OH is 1. The molecule has 10 atom stereocenters. The van der Waals surface area contributed by atoms with Crippen molar-refractivity contribution in [3.63, 3.8) is 0 Å². The summed E-state index contributed by atoms with van der Waals surface area (Å²) in [4.78, 5) is 44.1. The number of esters is 1. The van der Waals surface area contributed by atoms with Crippen LogP contribution in [0.15, 0.2) is 46.6 Å². The third-order valence-electron chi connectivity index (χ3n) is 16.4. The van der Waals surface area contributed by atoms with Crippen molar-refractivity contribution < 1.29 is 33.8 Å². The molecule has 9 rings (SSSR count). The molecule has 0 aromatic carbocycles. The fourth-order valence-electron chi connectivity index (χ4n) is 13.0.